The van der Waals surface area contributed by atoms with Gasteiger partial charge in [-0.3, -0.25) is 4.79 Å². The third kappa shape index (κ3) is 3.89. The number of aryl methyl sites for hydroxylation is 1. The van der Waals surface area contributed by atoms with Crippen LogP contribution in [0, 0.1) is 0 Å². The van der Waals surface area contributed by atoms with E-state index in [4.69, 9.17) is 14.2 Å². The second-order valence-electron chi connectivity index (χ2n) is 6.65. The molecule has 0 bridgehead atoms. The molecule has 0 spiro atoms. The van der Waals surface area contributed by atoms with E-state index in [1.54, 1.807) is 18.2 Å². The van der Waals surface area contributed by atoms with Crippen LogP contribution in [0.1, 0.15) is 40.4 Å². The van der Waals surface area contributed by atoms with Gasteiger partial charge in [-0.2, -0.15) is 0 Å². The molecule has 27 heavy (non-hydrogen) atoms. The Morgan fingerprint density at radius 2 is 1.89 bits per heavy atom. The molecule has 0 saturated carbocycles. The van der Waals surface area contributed by atoms with Gasteiger partial charge in [0.15, 0.2) is 18.1 Å². The van der Waals surface area contributed by atoms with Crippen LogP contribution in [0.4, 0.5) is 0 Å². The first kappa shape index (κ1) is 17.4. The summed E-state index contributed by atoms with van der Waals surface area (Å²) in [7, 11) is 0. The number of rotatable bonds is 4. The zero-order valence-corrected chi connectivity index (χ0v) is 14.9. The lowest BCUT2D eigenvalue weighted by Crippen LogP contribution is -2.34. The van der Waals surface area contributed by atoms with Crippen LogP contribution < -0.4 is 14.8 Å². The average Bonchev–Trinajstić information content (AvgIpc) is 2.72. The SMILES string of the molecule is O=C(COC(=O)c1ccc2c(c1)OCCO2)N[C@H]1CCCc2ccccc21. The first-order valence-electron chi connectivity index (χ1n) is 9.14. The minimum Gasteiger partial charge on any atom is -0.486 e. The quantitative estimate of drug-likeness (QED) is 0.841. The van der Waals surface area contributed by atoms with E-state index in [1.807, 2.05) is 18.2 Å². The molecule has 2 aromatic rings. The Hall–Kier alpha value is -3.02. The molecule has 0 fully saturated rings. The van der Waals surface area contributed by atoms with E-state index in [0.29, 0.717) is 30.3 Å². The Morgan fingerprint density at radius 1 is 1.07 bits per heavy atom. The van der Waals surface area contributed by atoms with Gasteiger partial charge in [0.25, 0.3) is 5.91 Å². The van der Waals surface area contributed by atoms with E-state index in [1.165, 1.54) is 5.56 Å². The van der Waals surface area contributed by atoms with Crippen molar-refractivity contribution in [2.24, 2.45) is 0 Å². The summed E-state index contributed by atoms with van der Waals surface area (Å²) >= 11 is 0. The summed E-state index contributed by atoms with van der Waals surface area (Å²) in [6, 6.07) is 12.9. The Morgan fingerprint density at radius 3 is 2.78 bits per heavy atom. The standard InChI is InChI=1S/C21H21NO5/c23-20(22-17-7-3-5-14-4-1-2-6-16(14)17)13-27-21(24)15-8-9-18-19(12-15)26-11-10-25-18/h1-2,4,6,8-9,12,17H,3,5,7,10-11,13H2,(H,22,23)/t17-/m0/s1. The van der Waals surface area contributed by atoms with Gasteiger partial charge < -0.3 is 19.5 Å². The number of amides is 1. The van der Waals surface area contributed by atoms with Gasteiger partial charge in [-0.25, -0.2) is 4.79 Å². The van der Waals surface area contributed by atoms with E-state index in [-0.39, 0.29) is 18.6 Å². The number of carbonyl (C=O) groups excluding carboxylic acids is 2. The van der Waals surface area contributed by atoms with E-state index in [9.17, 15) is 9.59 Å². The van der Waals surface area contributed by atoms with Gasteiger partial charge >= 0.3 is 5.97 Å². The van der Waals surface area contributed by atoms with Crippen LogP contribution >= 0.6 is 0 Å². The third-order valence-corrected chi connectivity index (χ3v) is 4.82. The van der Waals surface area contributed by atoms with Crippen molar-refractivity contribution in [1.29, 1.82) is 0 Å². The maximum atomic E-state index is 12.3. The van der Waals surface area contributed by atoms with Crippen LogP contribution in [0.15, 0.2) is 42.5 Å². The van der Waals surface area contributed by atoms with Crippen LogP contribution in [0.3, 0.4) is 0 Å². The number of carbonyl (C=O) groups is 2. The smallest absolute Gasteiger partial charge is 0.338 e. The molecule has 1 aliphatic heterocycles. The van der Waals surface area contributed by atoms with E-state index >= 15 is 0 Å². The van der Waals surface area contributed by atoms with E-state index in [0.717, 1.165) is 24.8 Å². The molecule has 0 unspecified atom stereocenters. The van der Waals surface area contributed by atoms with Crippen molar-refractivity contribution in [2.45, 2.75) is 25.3 Å². The Balaban J connectivity index is 1.34. The van der Waals surface area contributed by atoms with Gasteiger partial charge in [-0.1, -0.05) is 24.3 Å². The predicted molar refractivity (Wildman–Crippen MR) is 98.0 cm³/mol. The maximum Gasteiger partial charge on any atom is 0.338 e. The second kappa shape index (κ2) is 7.70. The molecule has 2 aromatic carbocycles. The minimum absolute atomic E-state index is 0.0320. The number of hydrogen-bond acceptors (Lipinski definition) is 5. The van der Waals surface area contributed by atoms with Crippen LogP contribution in [0.5, 0.6) is 11.5 Å². The minimum atomic E-state index is -0.564. The van der Waals surface area contributed by atoms with Gasteiger partial charge in [0.1, 0.15) is 13.2 Å². The summed E-state index contributed by atoms with van der Waals surface area (Å²) in [5.41, 5.74) is 2.74. The normalized spacial score (nSPS) is 17.6. The van der Waals surface area contributed by atoms with Crippen molar-refractivity contribution in [3.05, 3.63) is 59.2 Å². The van der Waals surface area contributed by atoms with Crippen LogP contribution in [-0.4, -0.2) is 31.7 Å². The number of fused-ring (bicyclic) bond motifs is 2. The molecule has 2 aliphatic rings. The largest absolute Gasteiger partial charge is 0.486 e. The number of ether oxygens (including phenoxy) is 3. The molecule has 1 heterocycles. The molecule has 0 aromatic heterocycles. The lowest BCUT2D eigenvalue weighted by Gasteiger charge is -2.26. The summed E-state index contributed by atoms with van der Waals surface area (Å²) in [4.78, 5) is 24.5. The molecule has 140 valence electrons. The van der Waals surface area contributed by atoms with Crippen molar-refractivity contribution >= 4 is 11.9 Å². The fourth-order valence-electron chi connectivity index (χ4n) is 3.52. The Labute approximate surface area is 157 Å². The van der Waals surface area contributed by atoms with Crippen molar-refractivity contribution < 1.29 is 23.8 Å². The van der Waals surface area contributed by atoms with Gasteiger partial charge in [0, 0.05) is 0 Å². The second-order valence-corrected chi connectivity index (χ2v) is 6.65. The van der Waals surface area contributed by atoms with Crippen molar-refractivity contribution in [2.75, 3.05) is 19.8 Å². The number of esters is 1. The predicted octanol–water partition coefficient (Wildman–Crippen LogP) is 2.81. The Kier molecular flexibility index (Phi) is 4.96. The van der Waals surface area contributed by atoms with Crippen molar-refractivity contribution in [1.82, 2.24) is 5.32 Å². The zero-order valence-electron chi connectivity index (χ0n) is 14.9. The Bertz CT molecular complexity index is 863. The maximum absolute atomic E-state index is 12.3. The fourth-order valence-corrected chi connectivity index (χ4v) is 3.52. The highest BCUT2D eigenvalue weighted by atomic mass is 16.6. The van der Waals surface area contributed by atoms with E-state index in [2.05, 4.69) is 11.4 Å². The first-order chi connectivity index (χ1) is 13.2. The van der Waals surface area contributed by atoms with Crippen LogP contribution in [0.2, 0.25) is 0 Å². The van der Waals surface area contributed by atoms with Gasteiger partial charge in [0.05, 0.1) is 11.6 Å². The molecule has 6 heteroatoms. The van der Waals surface area contributed by atoms with Crippen molar-refractivity contribution in [3.63, 3.8) is 0 Å². The fraction of sp³-hybridized carbons (Fsp3) is 0.333. The van der Waals surface area contributed by atoms with Gasteiger partial charge in [0.2, 0.25) is 0 Å². The molecular weight excluding hydrogens is 346 g/mol. The average molecular weight is 367 g/mol. The third-order valence-electron chi connectivity index (χ3n) is 4.82. The summed E-state index contributed by atoms with van der Waals surface area (Å²) < 4.78 is 16.1. The molecule has 1 aliphatic carbocycles. The van der Waals surface area contributed by atoms with Crippen LogP contribution in [-0.2, 0) is 16.0 Å². The summed E-state index contributed by atoms with van der Waals surface area (Å²) in [5.74, 6) is 0.249. The monoisotopic (exact) mass is 367 g/mol. The molecule has 0 radical (unpaired) electrons. The molecule has 6 nitrogen and oxygen atoms in total. The molecule has 1 atom stereocenters. The highest BCUT2D eigenvalue weighted by Gasteiger charge is 2.22. The highest BCUT2D eigenvalue weighted by Crippen LogP contribution is 2.31. The van der Waals surface area contributed by atoms with Crippen LogP contribution in [0.25, 0.3) is 0 Å². The van der Waals surface area contributed by atoms with Crippen molar-refractivity contribution in [3.8, 4) is 11.5 Å². The topological polar surface area (TPSA) is 73.9 Å². The summed E-state index contributed by atoms with van der Waals surface area (Å²) in [6.07, 6.45) is 2.94. The summed E-state index contributed by atoms with van der Waals surface area (Å²) in [5, 5.41) is 2.97. The lowest BCUT2D eigenvalue weighted by molar-refractivity contribution is -0.125. The number of benzene rings is 2. The zero-order chi connectivity index (χ0) is 18.6. The van der Waals surface area contributed by atoms with E-state index < -0.39 is 5.97 Å². The van der Waals surface area contributed by atoms with Gasteiger partial charge in [-0.05, 0) is 48.6 Å². The highest BCUT2D eigenvalue weighted by molar-refractivity contribution is 5.92. The molecule has 1 amide bonds. The summed E-state index contributed by atoms with van der Waals surface area (Å²) in [6.45, 7) is 0.615. The lowest BCUT2D eigenvalue weighted by atomic mass is 9.88. The molecular formula is C21H21NO5. The van der Waals surface area contributed by atoms with Gasteiger partial charge in [-0.15, -0.1) is 0 Å². The molecule has 0 saturated heterocycles. The number of hydrogen-bond donors (Lipinski definition) is 1. The molecule has 1 N–H and O–H groups in total. The molecule has 4 rings (SSSR count). The number of nitrogens with one attached hydrogen (secondary N) is 1. The first-order valence-corrected chi connectivity index (χ1v) is 9.14.